The van der Waals surface area contributed by atoms with E-state index in [1.165, 1.54) is 17.0 Å². The minimum Gasteiger partial charge on any atom is -0.378 e. The lowest BCUT2D eigenvalue weighted by molar-refractivity contribution is -0.132. The lowest BCUT2D eigenvalue weighted by Gasteiger charge is -2.36. The summed E-state index contributed by atoms with van der Waals surface area (Å²) in [5.74, 6) is 0.787. The van der Waals surface area contributed by atoms with E-state index in [0.717, 1.165) is 24.6 Å². The van der Waals surface area contributed by atoms with Crippen molar-refractivity contribution < 1.29 is 9.53 Å². The van der Waals surface area contributed by atoms with Crippen molar-refractivity contribution in [2.75, 3.05) is 62.3 Å². The molecule has 0 aromatic carbocycles. The molecule has 0 bridgehead atoms. The molecule has 29 heavy (non-hydrogen) atoms. The first kappa shape index (κ1) is 19.3. The number of rotatable bonds is 4. The summed E-state index contributed by atoms with van der Waals surface area (Å²) in [6.45, 7) is 7.42. The van der Waals surface area contributed by atoms with Gasteiger partial charge in [0.15, 0.2) is 5.82 Å². The van der Waals surface area contributed by atoms with Crippen LogP contribution in [-0.4, -0.2) is 83.0 Å². The van der Waals surface area contributed by atoms with Crippen LogP contribution >= 0.6 is 0 Å². The number of carbonyl (C=O) groups excluding carboxylic acids is 1. The number of hydrogen-bond acceptors (Lipinski definition) is 8. The van der Waals surface area contributed by atoms with E-state index in [9.17, 15) is 9.59 Å². The highest BCUT2D eigenvalue weighted by atomic mass is 16.5. The van der Waals surface area contributed by atoms with Crippen molar-refractivity contribution in [1.82, 2.24) is 24.6 Å². The Labute approximate surface area is 168 Å². The molecule has 10 heteroatoms. The van der Waals surface area contributed by atoms with Gasteiger partial charge in [-0.25, -0.2) is 4.98 Å². The van der Waals surface area contributed by atoms with Crippen molar-refractivity contribution in [3.05, 3.63) is 40.7 Å². The first-order valence-corrected chi connectivity index (χ1v) is 9.81. The number of ether oxygens (including phenoxy) is 1. The van der Waals surface area contributed by atoms with Gasteiger partial charge in [0, 0.05) is 57.1 Å². The molecule has 0 saturated carbocycles. The Morgan fingerprint density at radius 2 is 1.83 bits per heavy atom. The van der Waals surface area contributed by atoms with E-state index in [-0.39, 0.29) is 18.0 Å². The van der Waals surface area contributed by atoms with Gasteiger partial charge in [-0.3, -0.25) is 14.2 Å². The van der Waals surface area contributed by atoms with Crippen LogP contribution in [0.15, 0.2) is 29.5 Å². The summed E-state index contributed by atoms with van der Waals surface area (Å²) in [5, 5.41) is 8.42. The van der Waals surface area contributed by atoms with Crippen molar-refractivity contribution in [3.63, 3.8) is 0 Å². The number of anilines is 2. The van der Waals surface area contributed by atoms with Gasteiger partial charge < -0.3 is 19.4 Å². The van der Waals surface area contributed by atoms with E-state index in [2.05, 4.69) is 25.0 Å². The molecule has 10 nitrogen and oxygen atoms in total. The van der Waals surface area contributed by atoms with E-state index in [0.29, 0.717) is 45.1 Å². The molecular weight excluding hydrogens is 374 g/mol. The van der Waals surface area contributed by atoms with E-state index < -0.39 is 0 Å². The Bertz CT molecular complexity index is 918. The first-order chi connectivity index (χ1) is 14.1. The number of hydrogen-bond donors (Lipinski definition) is 0. The van der Waals surface area contributed by atoms with Gasteiger partial charge in [-0.05, 0) is 6.92 Å². The second-order valence-corrected chi connectivity index (χ2v) is 7.24. The number of aryl methyl sites for hydroxylation is 1. The van der Waals surface area contributed by atoms with Gasteiger partial charge in [0.25, 0.3) is 5.56 Å². The monoisotopic (exact) mass is 399 g/mol. The molecule has 4 rings (SSSR count). The standard InChI is InChI=1S/C19H25N7O3/c1-15-10-18(27)26(14-20-15)13-19(28)25-4-2-23(3-5-25)16-11-17(22-21-12-16)24-6-8-29-9-7-24/h10-12,14H,2-9,13H2,1H3. The summed E-state index contributed by atoms with van der Waals surface area (Å²) < 4.78 is 6.75. The quantitative estimate of drug-likeness (QED) is 0.681. The van der Waals surface area contributed by atoms with Crippen molar-refractivity contribution in [1.29, 1.82) is 0 Å². The number of carbonyl (C=O) groups is 1. The first-order valence-electron chi connectivity index (χ1n) is 9.81. The summed E-state index contributed by atoms with van der Waals surface area (Å²) >= 11 is 0. The molecule has 154 valence electrons. The van der Waals surface area contributed by atoms with Gasteiger partial charge in [-0.15, -0.1) is 5.10 Å². The van der Waals surface area contributed by atoms with Gasteiger partial charge in [0.1, 0.15) is 6.54 Å². The lowest BCUT2D eigenvalue weighted by Crippen LogP contribution is -2.50. The fraction of sp³-hybridized carbons (Fsp3) is 0.526. The van der Waals surface area contributed by atoms with Crippen LogP contribution in [0.5, 0.6) is 0 Å². The van der Waals surface area contributed by atoms with Gasteiger partial charge >= 0.3 is 0 Å². The minimum atomic E-state index is -0.206. The molecule has 0 unspecified atom stereocenters. The molecule has 0 radical (unpaired) electrons. The molecule has 0 spiro atoms. The van der Waals surface area contributed by atoms with Gasteiger partial charge in [-0.1, -0.05) is 0 Å². The van der Waals surface area contributed by atoms with Crippen molar-refractivity contribution in [3.8, 4) is 0 Å². The molecule has 2 aromatic rings. The third-order valence-electron chi connectivity index (χ3n) is 5.28. The van der Waals surface area contributed by atoms with Gasteiger partial charge in [0.05, 0.1) is 31.4 Å². The van der Waals surface area contributed by atoms with Crippen LogP contribution in [-0.2, 0) is 16.1 Å². The normalized spacial score (nSPS) is 17.5. The number of nitrogens with zero attached hydrogens (tertiary/aromatic N) is 7. The smallest absolute Gasteiger partial charge is 0.253 e. The Kier molecular flexibility index (Phi) is 5.70. The zero-order chi connectivity index (χ0) is 20.2. The maximum atomic E-state index is 12.6. The van der Waals surface area contributed by atoms with Crippen molar-refractivity contribution in [2.24, 2.45) is 0 Å². The molecule has 2 fully saturated rings. The predicted molar refractivity (Wildman–Crippen MR) is 107 cm³/mol. The van der Waals surface area contributed by atoms with E-state index >= 15 is 0 Å². The third kappa shape index (κ3) is 4.53. The predicted octanol–water partition coefficient (Wildman–Crippen LogP) is -0.473. The fourth-order valence-electron chi connectivity index (χ4n) is 3.56. The molecule has 0 N–H and O–H groups in total. The minimum absolute atomic E-state index is 0.0180. The van der Waals surface area contributed by atoms with Crippen LogP contribution in [0.25, 0.3) is 0 Å². The molecular formula is C19H25N7O3. The lowest BCUT2D eigenvalue weighted by atomic mass is 10.2. The van der Waals surface area contributed by atoms with Crippen LogP contribution in [0.2, 0.25) is 0 Å². The van der Waals surface area contributed by atoms with Crippen LogP contribution < -0.4 is 15.4 Å². The Hall–Kier alpha value is -3.01. The number of amides is 1. The Balaban J connectivity index is 1.35. The summed E-state index contributed by atoms with van der Waals surface area (Å²) in [6, 6.07) is 3.49. The molecule has 2 aliphatic rings. The third-order valence-corrected chi connectivity index (χ3v) is 5.28. The average Bonchev–Trinajstić information content (AvgIpc) is 2.76. The van der Waals surface area contributed by atoms with Crippen molar-refractivity contribution >= 4 is 17.4 Å². The molecule has 4 heterocycles. The van der Waals surface area contributed by atoms with Crippen LogP contribution in [0, 0.1) is 6.92 Å². The van der Waals surface area contributed by atoms with Crippen LogP contribution in [0.1, 0.15) is 5.69 Å². The summed E-state index contributed by atoms with van der Waals surface area (Å²) in [7, 11) is 0. The summed E-state index contributed by atoms with van der Waals surface area (Å²) in [4.78, 5) is 34.8. The topological polar surface area (TPSA) is 96.7 Å². The van der Waals surface area contributed by atoms with Crippen LogP contribution in [0.3, 0.4) is 0 Å². The highest BCUT2D eigenvalue weighted by molar-refractivity contribution is 5.76. The summed E-state index contributed by atoms with van der Waals surface area (Å²) in [6.07, 6.45) is 3.20. The second-order valence-electron chi connectivity index (χ2n) is 7.24. The highest BCUT2D eigenvalue weighted by Crippen LogP contribution is 2.21. The maximum Gasteiger partial charge on any atom is 0.253 e. The average molecular weight is 399 g/mol. The van der Waals surface area contributed by atoms with E-state index in [1.807, 2.05) is 6.07 Å². The SMILES string of the molecule is Cc1cc(=O)n(CC(=O)N2CCN(c3cnnc(N4CCOCC4)c3)CC2)cn1. The van der Waals surface area contributed by atoms with Crippen molar-refractivity contribution in [2.45, 2.75) is 13.5 Å². The molecule has 2 aliphatic heterocycles. The van der Waals surface area contributed by atoms with Crippen LogP contribution in [0.4, 0.5) is 11.5 Å². The number of morpholine rings is 1. The number of piperazine rings is 1. The Morgan fingerprint density at radius 3 is 2.55 bits per heavy atom. The molecule has 0 atom stereocenters. The number of aromatic nitrogens is 4. The fourth-order valence-corrected chi connectivity index (χ4v) is 3.56. The van der Waals surface area contributed by atoms with E-state index in [1.54, 1.807) is 18.0 Å². The largest absolute Gasteiger partial charge is 0.378 e. The highest BCUT2D eigenvalue weighted by Gasteiger charge is 2.23. The molecule has 0 aliphatic carbocycles. The molecule has 2 aromatic heterocycles. The molecule has 1 amide bonds. The zero-order valence-electron chi connectivity index (χ0n) is 16.5. The van der Waals surface area contributed by atoms with Gasteiger partial charge in [-0.2, -0.15) is 5.10 Å². The summed E-state index contributed by atoms with van der Waals surface area (Å²) in [5.41, 5.74) is 1.45. The maximum absolute atomic E-state index is 12.6. The van der Waals surface area contributed by atoms with Gasteiger partial charge in [0.2, 0.25) is 5.91 Å². The second kappa shape index (κ2) is 8.56. The zero-order valence-corrected chi connectivity index (χ0v) is 16.5. The molecule has 2 saturated heterocycles. The Morgan fingerprint density at radius 1 is 1.07 bits per heavy atom. The van der Waals surface area contributed by atoms with E-state index in [4.69, 9.17) is 4.74 Å².